The fraction of sp³-hybridized carbons (Fsp3) is 0.143. The van der Waals surface area contributed by atoms with Crippen molar-refractivity contribution >= 4 is 21.8 Å². The highest BCUT2D eigenvalue weighted by Crippen LogP contribution is 2.20. The van der Waals surface area contributed by atoms with Crippen LogP contribution in [-0.4, -0.2) is 16.0 Å². The minimum atomic E-state index is 0.0524. The average Bonchev–Trinajstić information content (AvgIpc) is 2.47. The van der Waals surface area contributed by atoms with Gasteiger partial charge < -0.3 is 15.7 Å². The van der Waals surface area contributed by atoms with E-state index in [1.165, 1.54) is 0 Å². The summed E-state index contributed by atoms with van der Waals surface area (Å²) in [5.41, 5.74) is 7.96. The van der Waals surface area contributed by atoms with E-state index in [0.717, 1.165) is 15.7 Å². The van der Waals surface area contributed by atoms with Crippen LogP contribution >= 0.6 is 15.9 Å². The van der Waals surface area contributed by atoms with E-state index in [2.05, 4.69) is 26.1 Å². The van der Waals surface area contributed by atoms with Gasteiger partial charge in [0.05, 0.1) is 5.69 Å². The first kappa shape index (κ1) is 14.3. The molecule has 1 aromatic heterocycles. The fourth-order valence-corrected chi connectivity index (χ4v) is 1.85. The minimum Gasteiger partial charge on any atom is -0.487 e. The number of pyridine rings is 1. The predicted molar refractivity (Wildman–Crippen MR) is 80.0 cm³/mol. The number of halogens is 1. The summed E-state index contributed by atoms with van der Waals surface area (Å²) < 4.78 is 6.65. The van der Waals surface area contributed by atoms with Crippen molar-refractivity contribution in [1.29, 1.82) is 0 Å². The first-order valence-corrected chi connectivity index (χ1v) is 6.71. The van der Waals surface area contributed by atoms with E-state index >= 15 is 0 Å². The molecule has 6 heteroatoms. The predicted octanol–water partition coefficient (Wildman–Crippen LogP) is 2.83. The Hall–Kier alpha value is -2.08. The Morgan fingerprint density at radius 1 is 1.40 bits per heavy atom. The molecular formula is C14H14BrN3O2. The molecule has 104 valence electrons. The smallest absolute Gasteiger partial charge is 0.170 e. The summed E-state index contributed by atoms with van der Waals surface area (Å²) in [5, 5.41) is 11.7. The third kappa shape index (κ3) is 3.48. The van der Waals surface area contributed by atoms with Crippen LogP contribution in [0.1, 0.15) is 16.8 Å². The Bertz CT molecular complexity index is 627. The van der Waals surface area contributed by atoms with Gasteiger partial charge in [-0.3, -0.25) is 4.98 Å². The monoisotopic (exact) mass is 335 g/mol. The van der Waals surface area contributed by atoms with Crippen LogP contribution in [0.4, 0.5) is 0 Å². The van der Waals surface area contributed by atoms with Crippen molar-refractivity contribution in [3.63, 3.8) is 0 Å². The van der Waals surface area contributed by atoms with Gasteiger partial charge in [0.2, 0.25) is 0 Å². The van der Waals surface area contributed by atoms with Gasteiger partial charge >= 0.3 is 0 Å². The van der Waals surface area contributed by atoms with Crippen LogP contribution in [0, 0.1) is 6.92 Å². The number of hydrogen-bond donors (Lipinski definition) is 2. The van der Waals surface area contributed by atoms with Gasteiger partial charge in [-0.2, -0.15) is 0 Å². The fourth-order valence-electron chi connectivity index (χ4n) is 1.62. The van der Waals surface area contributed by atoms with E-state index in [-0.39, 0.29) is 5.84 Å². The highest BCUT2D eigenvalue weighted by atomic mass is 79.9. The summed E-state index contributed by atoms with van der Waals surface area (Å²) in [6, 6.07) is 9.16. The highest BCUT2D eigenvalue weighted by Gasteiger charge is 2.06. The second-order valence-corrected chi connectivity index (χ2v) is 5.14. The number of amidine groups is 1. The summed E-state index contributed by atoms with van der Waals surface area (Å²) >= 11 is 3.33. The molecule has 1 heterocycles. The molecule has 0 aliphatic carbocycles. The van der Waals surface area contributed by atoms with E-state index in [1.807, 2.05) is 25.1 Å². The number of aryl methyl sites for hydroxylation is 1. The molecule has 0 aliphatic heterocycles. The van der Waals surface area contributed by atoms with Gasteiger partial charge in [-0.25, -0.2) is 0 Å². The number of hydrogen-bond acceptors (Lipinski definition) is 4. The summed E-state index contributed by atoms with van der Waals surface area (Å²) in [6.45, 7) is 2.29. The molecule has 5 nitrogen and oxygen atoms in total. The molecule has 20 heavy (non-hydrogen) atoms. The zero-order valence-electron chi connectivity index (χ0n) is 10.9. The van der Waals surface area contributed by atoms with E-state index in [9.17, 15) is 0 Å². The zero-order chi connectivity index (χ0) is 14.5. The highest BCUT2D eigenvalue weighted by molar-refractivity contribution is 9.10. The van der Waals surface area contributed by atoms with E-state index in [4.69, 9.17) is 15.7 Å². The van der Waals surface area contributed by atoms with Gasteiger partial charge in [0.1, 0.15) is 12.4 Å². The van der Waals surface area contributed by atoms with Crippen molar-refractivity contribution in [2.45, 2.75) is 13.5 Å². The molecule has 0 fully saturated rings. The largest absolute Gasteiger partial charge is 0.487 e. The number of nitrogens with two attached hydrogens (primary N) is 1. The van der Waals surface area contributed by atoms with Crippen LogP contribution in [0.5, 0.6) is 5.75 Å². The van der Waals surface area contributed by atoms with Crippen molar-refractivity contribution in [3.8, 4) is 5.75 Å². The molecule has 0 unspecified atom stereocenters. The number of aromatic nitrogens is 1. The SMILES string of the molecule is Cc1ccc(/C(N)=N/O)cc1OCc1ccc(Br)cn1. The molecule has 3 N–H and O–H groups in total. The average molecular weight is 336 g/mol. The molecule has 0 bridgehead atoms. The van der Waals surface area contributed by atoms with Crippen molar-refractivity contribution in [2.75, 3.05) is 0 Å². The van der Waals surface area contributed by atoms with Crippen molar-refractivity contribution in [2.24, 2.45) is 10.9 Å². The van der Waals surface area contributed by atoms with Crippen LogP contribution in [0.3, 0.4) is 0 Å². The molecule has 0 saturated carbocycles. The van der Waals surface area contributed by atoms with Gasteiger partial charge in [-0.1, -0.05) is 17.3 Å². The van der Waals surface area contributed by atoms with Crippen molar-refractivity contribution < 1.29 is 9.94 Å². The van der Waals surface area contributed by atoms with E-state index in [0.29, 0.717) is 17.9 Å². The first-order valence-electron chi connectivity index (χ1n) is 5.92. The van der Waals surface area contributed by atoms with Crippen LogP contribution in [0.2, 0.25) is 0 Å². The quantitative estimate of drug-likeness (QED) is 0.389. The molecule has 0 saturated heterocycles. The maximum atomic E-state index is 8.69. The lowest BCUT2D eigenvalue weighted by atomic mass is 10.1. The molecule has 0 atom stereocenters. The molecule has 2 aromatic rings. The Labute approximate surface area is 125 Å². The van der Waals surface area contributed by atoms with Crippen molar-refractivity contribution in [3.05, 3.63) is 57.8 Å². The van der Waals surface area contributed by atoms with Gasteiger partial charge in [0, 0.05) is 16.2 Å². The van der Waals surface area contributed by atoms with E-state index < -0.39 is 0 Å². The molecule has 0 spiro atoms. The second-order valence-electron chi connectivity index (χ2n) is 4.22. The van der Waals surface area contributed by atoms with Crippen LogP contribution in [-0.2, 0) is 6.61 Å². The standard InChI is InChI=1S/C14H14BrN3O2/c1-9-2-3-10(14(16)18-19)6-13(9)20-8-12-5-4-11(15)7-17-12/h2-7,19H,8H2,1H3,(H2,16,18). The third-order valence-electron chi connectivity index (χ3n) is 2.76. The number of ether oxygens (including phenoxy) is 1. The van der Waals surface area contributed by atoms with Crippen LogP contribution in [0.15, 0.2) is 46.2 Å². The number of benzene rings is 1. The van der Waals surface area contributed by atoms with Crippen LogP contribution in [0.25, 0.3) is 0 Å². The third-order valence-corrected chi connectivity index (χ3v) is 3.22. The molecule has 2 rings (SSSR count). The number of rotatable bonds is 4. The lowest BCUT2D eigenvalue weighted by molar-refractivity contribution is 0.299. The maximum absolute atomic E-state index is 8.69. The second kappa shape index (κ2) is 6.38. The Morgan fingerprint density at radius 2 is 2.20 bits per heavy atom. The molecule has 0 aliphatic rings. The summed E-state index contributed by atoms with van der Waals surface area (Å²) in [4.78, 5) is 4.24. The first-order chi connectivity index (χ1) is 9.60. The Balaban J connectivity index is 2.14. The zero-order valence-corrected chi connectivity index (χ0v) is 12.5. The van der Waals surface area contributed by atoms with Gasteiger partial charge in [-0.05, 0) is 46.6 Å². The summed E-state index contributed by atoms with van der Waals surface area (Å²) in [7, 11) is 0. The Kier molecular flexibility index (Phi) is 4.57. The molecule has 1 aromatic carbocycles. The topological polar surface area (TPSA) is 80.7 Å². The van der Waals surface area contributed by atoms with Gasteiger partial charge in [-0.15, -0.1) is 0 Å². The molecular weight excluding hydrogens is 322 g/mol. The number of oxime groups is 1. The van der Waals surface area contributed by atoms with E-state index in [1.54, 1.807) is 18.3 Å². The summed E-state index contributed by atoms with van der Waals surface area (Å²) in [6.07, 6.45) is 1.72. The normalized spacial score (nSPS) is 11.4. The molecule has 0 radical (unpaired) electrons. The van der Waals surface area contributed by atoms with Gasteiger partial charge in [0.25, 0.3) is 0 Å². The van der Waals surface area contributed by atoms with Crippen molar-refractivity contribution in [1.82, 2.24) is 4.98 Å². The van der Waals surface area contributed by atoms with Gasteiger partial charge in [0.15, 0.2) is 5.84 Å². The lowest BCUT2D eigenvalue weighted by Crippen LogP contribution is -2.13. The van der Waals surface area contributed by atoms with Crippen LogP contribution < -0.4 is 10.5 Å². The lowest BCUT2D eigenvalue weighted by Gasteiger charge is -2.10. The number of nitrogens with zero attached hydrogens (tertiary/aromatic N) is 2. The summed E-state index contributed by atoms with van der Waals surface area (Å²) in [5.74, 6) is 0.732. The Morgan fingerprint density at radius 3 is 2.85 bits per heavy atom. The maximum Gasteiger partial charge on any atom is 0.170 e. The molecule has 0 amide bonds. The minimum absolute atomic E-state index is 0.0524.